The number of ether oxygens (including phenoxy) is 1. The highest BCUT2D eigenvalue weighted by Crippen LogP contribution is 1.96. The maximum absolute atomic E-state index is 11.4. The maximum atomic E-state index is 11.4. The van der Waals surface area contributed by atoms with E-state index in [-0.39, 0.29) is 18.9 Å². The topological polar surface area (TPSA) is 66.8 Å². The number of methoxy groups -OCH3 is 1. The Morgan fingerprint density at radius 3 is 2.43 bits per heavy atom. The van der Waals surface area contributed by atoms with Gasteiger partial charge in [0.2, 0.25) is 5.91 Å². The number of aliphatic carboxylic acids is 1. The summed E-state index contributed by atoms with van der Waals surface area (Å²) in [6.07, 6.45) is 0.302. The normalized spacial score (nSPS) is 9.86. The quantitative estimate of drug-likeness (QED) is 0.648. The SMILES string of the molecule is CCN(CCC(=O)O)C(=O)CCOC. The van der Waals surface area contributed by atoms with Gasteiger partial charge < -0.3 is 14.7 Å². The standard InChI is InChI=1S/C9H17NO4/c1-3-10(6-4-9(12)13)8(11)5-7-14-2/h3-7H2,1-2H3,(H,12,13). The zero-order valence-corrected chi connectivity index (χ0v) is 8.65. The summed E-state index contributed by atoms with van der Waals surface area (Å²) < 4.78 is 4.77. The van der Waals surface area contributed by atoms with E-state index < -0.39 is 5.97 Å². The van der Waals surface area contributed by atoms with Gasteiger partial charge in [-0.3, -0.25) is 9.59 Å². The molecule has 5 heteroatoms. The van der Waals surface area contributed by atoms with Crippen LogP contribution in [0.15, 0.2) is 0 Å². The monoisotopic (exact) mass is 203 g/mol. The second-order valence-electron chi connectivity index (χ2n) is 2.86. The number of rotatable bonds is 7. The third-order valence-corrected chi connectivity index (χ3v) is 1.85. The Labute approximate surface area is 83.6 Å². The molecular weight excluding hydrogens is 186 g/mol. The summed E-state index contributed by atoms with van der Waals surface area (Å²) in [5.41, 5.74) is 0. The second kappa shape index (κ2) is 7.32. The molecule has 82 valence electrons. The van der Waals surface area contributed by atoms with Crippen molar-refractivity contribution in [2.24, 2.45) is 0 Å². The van der Waals surface area contributed by atoms with Crippen LogP contribution in [0.5, 0.6) is 0 Å². The molecule has 0 aromatic rings. The van der Waals surface area contributed by atoms with Gasteiger partial charge >= 0.3 is 5.97 Å². The fourth-order valence-electron chi connectivity index (χ4n) is 1.04. The molecule has 0 unspecified atom stereocenters. The van der Waals surface area contributed by atoms with E-state index in [9.17, 15) is 9.59 Å². The van der Waals surface area contributed by atoms with Gasteiger partial charge in [-0.25, -0.2) is 0 Å². The van der Waals surface area contributed by atoms with Crippen LogP contribution in [0.25, 0.3) is 0 Å². The molecule has 0 aromatic carbocycles. The molecule has 1 N–H and O–H groups in total. The largest absolute Gasteiger partial charge is 0.481 e. The Morgan fingerprint density at radius 2 is 2.00 bits per heavy atom. The fraction of sp³-hybridized carbons (Fsp3) is 0.778. The fourth-order valence-corrected chi connectivity index (χ4v) is 1.04. The van der Waals surface area contributed by atoms with Gasteiger partial charge in [-0.15, -0.1) is 0 Å². The van der Waals surface area contributed by atoms with Crippen molar-refractivity contribution in [2.75, 3.05) is 26.8 Å². The lowest BCUT2D eigenvalue weighted by atomic mass is 10.3. The van der Waals surface area contributed by atoms with Crippen LogP contribution in [-0.2, 0) is 14.3 Å². The van der Waals surface area contributed by atoms with Gasteiger partial charge in [-0.05, 0) is 6.92 Å². The number of hydrogen-bond donors (Lipinski definition) is 1. The molecule has 0 radical (unpaired) electrons. The molecule has 0 fully saturated rings. The minimum atomic E-state index is -0.886. The zero-order valence-electron chi connectivity index (χ0n) is 8.65. The lowest BCUT2D eigenvalue weighted by Crippen LogP contribution is -2.33. The van der Waals surface area contributed by atoms with Gasteiger partial charge in [0.25, 0.3) is 0 Å². The smallest absolute Gasteiger partial charge is 0.305 e. The highest BCUT2D eigenvalue weighted by atomic mass is 16.5. The number of carbonyl (C=O) groups is 2. The van der Waals surface area contributed by atoms with Crippen LogP contribution in [0, 0.1) is 0 Å². The Hall–Kier alpha value is -1.10. The molecule has 0 atom stereocenters. The molecule has 14 heavy (non-hydrogen) atoms. The first-order chi connectivity index (χ1) is 6.61. The molecule has 0 aliphatic carbocycles. The second-order valence-corrected chi connectivity index (χ2v) is 2.86. The predicted molar refractivity (Wildman–Crippen MR) is 51.0 cm³/mol. The number of amides is 1. The number of carboxylic acids is 1. The first kappa shape index (κ1) is 12.9. The van der Waals surface area contributed by atoms with E-state index in [0.717, 1.165) is 0 Å². The summed E-state index contributed by atoms with van der Waals surface area (Å²) in [5.74, 6) is -0.946. The zero-order chi connectivity index (χ0) is 11.0. The first-order valence-corrected chi connectivity index (χ1v) is 4.60. The number of carboxylic acid groups (broad SMARTS) is 1. The minimum absolute atomic E-state index is 0.00738. The molecule has 0 aromatic heterocycles. The van der Waals surface area contributed by atoms with Crippen molar-refractivity contribution in [2.45, 2.75) is 19.8 Å². The van der Waals surface area contributed by atoms with Crippen molar-refractivity contribution in [3.05, 3.63) is 0 Å². The van der Waals surface area contributed by atoms with E-state index in [1.54, 1.807) is 0 Å². The summed E-state index contributed by atoms with van der Waals surface area (Å²) in [6.45, 7) is 3.01. The van der Waals surface area contributed by atoms with Crippen molar-refractivity contribution in [1.29, 1.82) is 0 Å². The molecule has 1 amide bonds. The van der Waals surface area contributed by atoms with Gasteiger partial charge in [0.1, 0.15) is 0 Å². The molecule has 0 saturated heterocycles. The van der Waals surface area contributed by atoms with Gasteiger partial charge in [-0.2, -0.15) is 0 Å². The van der Waals surface area contributed by atoms with Crippen molar-refractivity contribution < 1.29 is 19.4 Å². The van der Waals surface area contributed by atoms with E-state index in [1.165, 1.54) is 12.0 Å². The van der Waals surface area contributed by atoms with Crippen molar-refractivity contribution >= 4 is 11.9 Å². The van der Waals surface area contributed by atoms with E-state index in [2.05, 4.69) is 0 Å². The molecule has 0 aliphatic heterocycles. The van der Waals surface area contributed by atoms with Crippen molar-refractivity contribution in [1.82, 2.24) is 4.90 Å². The summed E-state index contributed by atoms with van der Waals surface area (Å²) in [7, 11) is 1.53. The van der Waals surface area contributed by atoms with E-state index >= 15 is 0 Å². The van der Waals surface area contributed by atoms with E-state index in [4.69, 9.17) is 9.84 Å². The Bertz CT molecular complexity index is 193. The van der Waals surface area contributed by atoms with E-state index in [1.807, 2.05) is 6.92 Å². The Morgan fingerprint density at radius 1 is 1.36 bits per heavy atom. The van der Waals surface area contributed by atoms with Gasteiger partial charge in [0.15, 0.2) is 0 Å². The molecular formula is C9H17NO4. The summed E-state index contributed by atoms with van der Waals surface area (Å²) >= 11 is 0. The molecule has 0 saturated carbocycles. The van der Waals surface area contributed by atoms with Crippen LogP contribution in [0.3, 0.4) is 0 Å². The molecule has 0 aliphatic rings. The van der Waals surface area contributed by atoms with Crippen LogP contribution >= 0.6 is 0 Å². The van der Waals surface area contributed by atoms with Crippen molar-refractivity contribution in [3.8, 4) is 0 Å². The molecule has 5 nitrogen and oxygen atoms in total. The molecule has 0 spiro atoms. The first-order valence-electron chi connectivity index (χ1n) is 4.60. The van der Waals surface area contributed by atoms with Crippen LogP contribution in [0.2, 0.25) is 0 Å². The Kier molecular flexibility index (Phi) is 6.74. The minimum Gasteiger partial charge on any atom is -0.481 e. The summed E-state index contributed by atoms with van der Waals surface area (Å²) in [6, 6.07) is 0. The third kappa shape index (κ3) is 5.53. The summed E-state index contributed by atoms with van der Waals surface area (Å²) in [5, 5.41) is 8.45. The number of hydrogen-bond acceptors (Lipinski definition) is 3. The molecule has 0 rings (SSSR count). The highest BCUT2D eigenvalue weighted by molar-refractivity contribution is 5.77. The highest BCUT2D eigenvalue weighted by Gasteiger charge is 2.11. The van der Waals surface area contributed by atoms with Crippen LogP contribution in [-0.4, -0.2) is 48.7 Å². The Balaban J connectivity index is 3.86. The maximum Gasteiger partial charge on any atom is 0.305 e. The number of nitrogens with zero attached hydrogens (tertiary/aromatic N) is 1. The lowest BCUT2D eigenvalue weighted by Gasteiger charge is -2.19. The average Bonchev–Trinajstić information content (AvgIpc) is 2.15. The van der Waals surface area contributed by atoms with Crippen LogP contribution in [0.4, 0.5) is 0 Å². The van der Waals surface area contributed by atoms with Crippen molar-refractivity contribution in [3.63, 3.8) is 0 Å². The average molecular weight is 203 g/mol. The van der Waals surface area contributed by atoms with Crippen LogP contribution < -0.4 is 0 Å². The molecule has 0 bridgehead atoms. The van der Waals surface area contributed by atoms with Crippen LogP contribution in [0.1, 0.15) is 19.8 Å². The summed E-state index contributed by atoms with van der Waals surface area (Å²) in [4.78, 5) is 23.2. The van der Waals surface area contributed by atoms with E-state index in [0.29, 0.717) is 19.6 Å². The van der Waals surface area contributed by atoms with Gasteiger partial charge in [0, 0.05) is 20.2 Å². The number of carbonyl (C=O) groups excluding carboxylic acids is 1. The lowest BCUT2D eigenvalue weighted by molar-refractivity contribution is -0.138. The van der Waals surface area contributed by atoms with Gasteiger partial charge in [-0.1, -0.05) is 0 Å². The van der Waals surface area contributed by atoms with Gasteiger partial charge in [0.05, 0.1) is 19.4 Å². The predicted octanol–water partition coefficient (Wildman–Crippen LogP) is 0.346. The third-order valence-electron chi connectivity index (χ3n) is 1.85. The molecule has 0 heterocycles.